The van der Waals surface area contributed by atoms with Crippen LogP contribution in [0, 0.1) is 18.3 Å². The van der Waals surface area contributed by atoms with Crippen LogP contribution < -0.4 is 0 Å². The zero-order chi connectivity index (χ0) is 12.5. The fraction of sp³-hybridized carbons (Fsp3) is 0.0909. The van der Waals surface area contributed by atoms with Crippen LogP contribution in [0.25, 0.3) is 16.6 Å². The molecule has 3 heterocycles. The molecule has 3 aromatic heterocycles. The van der Waals surface area contributed by atoms with Crippen LogP contribution >= 0.6 is 11.3 Å². The molecule has 88 valence electrons. The minimum Gasteiger partial charge on any atom is -0.463 e. The summed E-state index contributed by atoms with van der Waals surface area (Å²) in [5.41, 5.74) is 1.64. The fourth-order valence-electron chi connectivity index (χ4n) is 1.56. The highest BCUT2D eigenvalue weighted by Gasteiger charge is 2.19. The number of nitriles is 1. The molecule has 0 aliphatic carbocycles. The number of aryl methyl sites for hydroxylation is 1. The third-order valence-electron chi connectivity index (χ3n) is 2.32. The first-order valence-electron chi connectivity index (χ1n) is 5.12. The number of hydrogen-bond acceptors (Lipinski definition) is 6. The zero-order valence-electron chi connectivity index (χ0n) is 9.36. The molecule has 0 amide bonds. The van der Waals surface area contributed by atoms with Crippen molar-refractivity contribution in [2.75, 3.05) is 0 Å². The highest BCUT2D eigenvalue weighted by molar-refractivity contribution is 7.12. The summed E-state index contributed by atoms with van der Waals surface area (Å²) in [7, 11) is 0. The Morgan fingerprint density at radius 1 is 1.50 bits per heavy atom. The summed E-state index contributed by atoms with van der Waals surface area (Å²) in [6.07, 6.45) is 1.54. The van der Waals surface area contributed by atoms with Gasteiger partial charge < -0.3 is 4.42 Å². The van der Waals surface area contributed by atoms with Gasteiger partial charge in [-0.15, -0.1) is 16.4 Å². The topological polar surface area (TPSA) is 80.5 Å². The number of thiazole rings is 1. The second-order valence-electron chi connectivity index (χ2n) is 3.56. The molecular weight excluding hydrogens is 250 g/mol. The zero-order valence-corrected chi connectivity index (χ0v) is 10.2. The van der Waals surface area contributed by atoms with E-state index in [1.165, 1.54) is 16.0 Å². The fourth-order valence-corrected chi connectivity index (χ4v) is 2.32. The van der Waals surface area contributed by atoms with Crippen LogP contribution in [0.15, 0.2) is 28.2 Å². The Bertz CT molecular complexity index is 719. The highest BCUT2D eigenvalue weighted by atomic mass is 32.1. The molecule has 0 bridgehead atoms. The summed E-state index contributed by atoms with van der Waals surface area (Å²) in [5, 5.41) is 19.4. The van der Waals surface area contributed by atoms with E-state index in [4.69, 9.17) is 9.68 Å². The SMILES string of the molecule is Cc1csc(-n2nnc(C#N)c2-c2ccco2)n1. The van der Waals surface area contributed by atoms with Crippen molar-refractivity contribution < 1.29 is 4.42 Å². The van der Waals surface area contributed by atoms with Crippen LogP contribution in [-0.4, -0.2) is 20.0 Å². The highest BCUT2D eigenvalue weighted by Crippen LogP contribution is 2.26. The molecular formula is C11H7N5OS. The standard InChI is InChI=1S/C11H7N5OS/c1-7-6-18-11(13-7)16-10(8(5-12)14-15-16)9-3-2-4-17-9/h2-4,6H,1H3. The van der Waals surface area contributed by atoms with Crippen molar-refractivity contribution in [3.05, 3.63) is 35.2 Å². The van der Waals surface area contributed by atoms with E-state index in [1.54, 1.807) is 18.4 Å². The van der Waals surface area contributed by atoms with Crippen LogP contribution in [0.2, 0.25) is 0 Å². The molecule has 0 radical (unpaired) electrons. The van der Waals surface area contributed by atoms with Gasteiger partial charge in [-0.2, -0.15) is 9.94 Å². The van der Waals surface area contributed by atoms with Crippen LogP contribution in [0.1, 0.15) is 11.4 Å². The third kappa shape index (κ3) is 1.59. The predicted molar refractivity (Wildman–Crippen MR) is 64.2 cm³/mol. The number of furan rings is 1. The second-order valence-corrected chi connectivity index (χ2v) is 4.40. The monoisotopic (exact) mass is 257 g/mol. The van der Waals surface area contributed by atoms with Crippen molar-refractivity contribution >= 4 is 11.3 Å². The molecule has 0 N–H and O–H groups in total. The van der Waals surface area contributed by atoms with Crippen LogP contribution in [0.4, 0.5) is 0 Å². The van der Waals surface area contributed by atoms with Crippen LogP contribution in [0.3, 0.4) is 0 Å². The largest absolute Gasteiger partial charge is 0.463 e. The number of nitrogens with zero attached hydrogens (tertiary/aromatic N) is 5. The Morgan fingerprint density at radius 3 is 3.00 bits per heavy atom. The summed E-state index contributed by atoms with van der Waals surface area (Å²) >= 11 is 1.44. The van der Waals surface area contributed by atoms with Gasteiger partial charge in [-0.05, 0) is 19.1 Å². The first kappa shape index (κ1) is 10.7. The van der Waals surface area contributed by atoms with Crippen molar-refractivity contribution in [1.82, 2.24) is 20.0 Å². The van der Waals surface area contributed by atoms with Gasteiger partial charge in [-0.25, -0.2) is 4.98 Å². The second kappa shape index (κ2) is 4.09. The minimum atomic E-state index is 0.220. The number of hydrogen-bond donors (Lipinski definition) is 0. The molecule has 0 atom stereocenters. The lowest BCUT2D eigenvalue weighted by atomic mass is 10.3. The molecule has 0 aromatic carbocycles. The van der Waals surface area contributed by atoms with E-state index < -0.39 is 0 Å². The van der Waals surface area contributed by atoms with Crippen molar-refractivity contribution in [1.29, 1.82) is 5.26 Å². The van der Waals surface area contributed by atoms with E-state index in [0.717, 1.165) is 5.69 Å². The number of aromatic nitrogens is 4. The van der Waals surface area contributed by atoms with Gasteiger partial charge in [0.1, 0.15) is 6.07 Å². The Labute approximate surface area is 106 Å². The average Bonchev–Trinajstić information content (AvgIpc) is 3.07. The van der Waals surface area contributed by atoms with Gasteiger partial charge in [-0.3, -0.25) is 0 Å². The van der Waals surface area contributed by atoms with E-state index in [2.05, 4.69) is 15.3 Å². The van der Waals surface area contributed by atoms with Gasteiger partial charge >= 0.3 is 0 Å². The lowest BCUT2D eigenvalue weighted by Gasteiger charge is -1.99. The molecule has 0 saturated carbocycles. The molecule has 6 nitrogen and oxygen atoms in total. The first-order valence-corrected chi connectivity index (χ1v) is 5.99. The lowest BCUT2D eigenvalue weighted by Crippen LogP contribution is -1.98. The van der Waals surface area contributed by atoms with Crippen molar-refractivity contribution in [2.24, 2.45) is 0 Å². The maximum atomic E-state index is 9.06. The normalized spacial score (nSPS) is 10.4. The van der Waals surface area contributed by atoms with Crippen molar-refractivity contribution in [3.63, 3.8) is 0 Å². The predicted octanol–water partition coefficient (Wildman–Crippen LogP) is 2.16. The summed E-state index contributed by atoms with van der Waals surface area (Å²) in [5.74, 6) is 0.546. The maximum Gasteiger partial charge on any atom is 0.212 e. The van der Waals surface area contributed by atoms with Crippen molar-refractivity contribution in [2.45, 2.75) is 6.92 Å². The Morgan fingerprint density at radius 2 is 2.39 bits per heavy atom. The lowest BCUT2D eigenvalue weighted by molar-refractivity contribution is 0.576. The molecule has 3 aromatic rings. The smallest absolute Gasteiger partial charge is 0.212 e. The van der Waals surface area contributed by atoms with Gasteiger partial charge in [0.25, 0.3) is 0 Å². The van der Waals surface area contributed by atoms with E-state index in [0.29, 0.717) is 16.6 Å². The summed E-state index contributed by atoms with van der Waals surface area (Å²) in [6.45, 7) is 1.90. The molecule has 18 heavy (non-hydrogen) atoms. The molecule has 0 aliphatic rings. The first-order chi connectivity index (χ1) is 8.79. The van der Waals surface area contributed by atoms with E-state index in [9.17, 15) is 0 Å². The summed E-state index contributed by atoms with van der Waals surface area (Å²) in [4.78, 5) is 4.33. The van der Waals surface area contributed by atoms with E-state index in [1.807, 2.05) is 18.4 Å². The average molecular weight is 257 g/mol. The van der Waals surface area contributed by atoms with Crippen molar-refractivity contribution in [3.8, 4) is 22.7 Å². The quantitative estimate of drug-likeness (QED) is 0.702. The van der Waals surface area contributed by atoms with Gasteiger partial charge in [0.2, 0.25) is 5.13 Å². The molecule has 0 saturated heterocycles. The molecule has 7 heteroatoms. The van der Waals surface area contributed by atoms with E-state index >= 15 is 0 Å². The molecule has 0 aliphatic heterocycles. The maximum absolute atomic E-state index is 9.06. The van der Waals surface area contributed by atoms with Crippen LogP contribution in [0.5, 0.6) is 0 Å². The minimum absolute atomic E-state index is 0.220. The molecule has 0 unspecified atom stereocenters. The van der Waals surface area contributed by atoms with Gasteiger partial charge in [-0.1, -0.05) is 5.21 Å². The number of rotatable bonds is 2. The summed E-state index contributed by atoms with van der Waals surface area (Å²) < 4.78 is 6.84. The Balaban J connectivity index is 2.23. The van der Waals surface area contributed by atoms with E-state index in [-0.39, 0.29) is 5.69 Å². The molecule has 0 spiro atoms. The third-order valence-corrected chi connectivity index (χ3v) is 3.25. The molecule has 0 fully saturated rings. The van der Waals surface area contributed by atoms with Gasteiger partial charge in [0.15, 0.2) is 17.1 Å². The van der Waals surface area contributed by atoms with Gasteiger partial charge in [0, 0.05) is 5.38 Å². The molecule has 3 rings (SSSR count). The Hall–Kier alpha value is -2.46. The Kier molecular flexibility index (Phi) is 2.42. The van der Waals surface area contributed by atoms with Crippen LogP contribution in [-0.2, 0) is 0 Å². The summed E-state index contributed by atoms with van der Waals surface area (Å²) in [6, 6.07) is 5.51. The van der Waals surface area contributed by atoms with Gasteiger partial charge in [0.05, 0.1) is 12.0 Å².